The maximum Gasteiger partial charge on any atom is 0.193 e. The van der Waals surface area contributed by atoms with Crippen LogP contribution < -0.4 is 5.32 Å². The van der Waals surface area contributed by atoms with Crippen LogP contribution in [0.4, 0.5) is 0 Å². The highest BCUT2D eigenvalue weighted by Crippen LogP contribution is 2.38. The van der Waals surface area contributed by atoms with Gasteiger partial charge in [-0.05, 0) is 39.0 Å². The molecule has 5 nitrogen and oxygen atoms in total. The highest BCUT2D eigenvalue weighted by molar-refractivity contribution is 14.0. The Labute approximate surface area is 165 Å². The second kappa shape index (κ2) is 10.8. The highest BCUT2D eigenvalue weighted by atomic mass is 127. The van der Waals surface area contributed by atoms with Crippen molar-refractivity contribution < 1.29 is 9.47 Å². The van der Waals surface area contributed by atoms with Gasteiger partial charge < -0.3 is 19.7 Å². The zero-order chi connectivity index (χ0) is 16.7. The molecule has 0 aromatic carbocycles. The summed E-state index contributed by atoms with van der Waals surface area (Å²) in [6.45, 7) is 15.2. The molecule has 1 spiro atoms. The molecule has 1 N–H and O–H groups in total. The van der Waals surface area contributed by atoms with E-state index < -0.39 is 0 Å². The van der Waals surface area contributed by atoms with Crippen molar-refractivity contribution in [1.29, 1.82) is 0 Å². The Bertz CT molecular complexity index is 384. The Morgan fingerprint density at radius 1 is 1.33 bits per heavy atom. The molecular formula is C18H36IN3O2. The fourth-order valence-electron chi connectivity index (χ4n) is 3.63. The lowest BCUT2D eigenvalue weighted by molar-refractivity contribution is 0.0266. The number of halogens is 1. The van der Waals surface area contributed by atoms with Gasteiger partial charge in [-0.15, -0.1) is 24.0 Å². The smallest absolute Gasteiger partial charge is 0.193 e. The lowest BCUT2D eigenvalue weighted by atomic mass is 9.87. The third kappa shape index (κ3) is 6.02. The molecule has 0 radical (unpaired) electrons. The van der Waals surface area contributed by atoms with Gasteiger partial charge >= 0.3 is 0 Å². The van der Waals surface area contributed by atoms with E-state index in [9.17, 15) is 0 Å². The van der Waals surface area contributed by atoms with Crippen molar-refractivity contribution in [3.05, 3.63) is 0 Å². The van der Waals surface area contributed by atoms with Crippen LogP contribution in [-0.4, -0.2) is 63.0 Å². The first-order chi connectivity index (χ1) is 11.1. The second-order valence-electron chi connectivity index (χ2n) is 7.24. The van der Waals surface area contributed by atoms with E-state index in [1.807, 2.05) is 0 Å². The predicted molar refractivity (Wildman–Crippen MR) is 110 cm³/mol. The largest absolute Gasteiger partial charge is 0.381 e. The minimum absolute atomic E-state index is 0. The second-order valence-corrected chi connectivity index (χ2v) is 7.24. The molecule has 2 saturated heterocycles. The zero-order valence-electron chi connectivity index (χ0n) is 15.8. The van der Waals surface area contributed by atoms with Gasteiger partial charge in [-0.3, -0.25) is 4.99 Å². The number of ether oxygens (including phenoxy) is 2. The van der Waals surface area contributed by atoms with Crippen LogP contribution in [0.2, 0.25) is 0 Å². The first-order valence-corrected chi connectivity index (χ1v) is 9.33. The van der Waals surface area contributed by atoms with Crippen LogP contribution in [0, 0.1) is 11.3 Å². The predicted octanol–water partition coefficient (Wildman–Crippen LogP) is 3.13. The van der Waals surface area contributed by atoms with E-state index in [4.69, 9.17) is 14.5 Å². The Kier molecular flexibility index (Phi) is 9.89. The molecule has 0 aromatic rings. The molecule has 0 bridgehead atoms. The molecule has 2 heterocycles. The van der Waals surface area contributed by atoms with Crippen molar-refractivity contribution >= 4 is 29.9 Å². The Morgan fingerprint density at radius 3 is 2.71 bits per heavy atom. The topological polar surface area (TPSA) is 46.1 Å². The monoisotopic (exact) mass is 453 g/mol. The Morgan fingerprint density at radius 2 is 2.12 bits per heavy atom. The van der Waals surface area contributed by atoms with Crippen molar-refractivity contribution in [2.24, 2.45) is 16.3 Å². The number of likely N-dealkylation sites (tertiary alicyclic amines) is 1. The summed E-state index contributed by atoms with van der Waals surface area (Å²) in [5.74, 6) is 1.61. The van der Waals surface area contributed by atoms with Crippen molar-refractivity contribution in [3.63, 3.8) is 0 Å². The molecule has 2 aliphatic rings. The van der Waals surface area contributed by atoms with Crippen LogP contribution in [0.15, 0.2) is 4.99 Å². The molecule has 6 heteroatoms. The summed E-state index contributed by atoms with van der Waals surface area (Å²) in [6.07, 6.45) is 3.72. The third-order valence-corrected chi connectivity index (χ3v) is 5.06. The molecule has 2 rings (SSSR count). The summed E-state index contributed by atoms with van der Waals surface area (Å²) in [4.78, 5) is 7.29. The standard InChI is InChI=1S/C18H35N3O2.HI/c1-5-19-17(20-10-7-16(15(3)4)23-6-2)21-11-8-18(13-21)9-12-22-14-18;/h15-16H,5-14H2,1-4H3,(H,19,20);1H. The van der Waals surface area contributed by atoms with Gasteiger partial charge in [-0.1, -0.05) is 13.8 Å². The van der Waals surface area contributed by atoms with Gasteiger partial charge in [0.1, 0.15) is 0 Å². The summed E-state index contributed by atoms with van der Waals surface area (Å²) in [7, 11) is 0. The average molecular weight is 453 g/mol. The van der Waals surface area contributed by atoms with Gasteiger partial charge in [-0.2, -0.15) is 0 Å². The van der Waals surface area contributed by atoms with E-state index in [0.29, 0.717) is 17.4 Å². The first kappa shape index (κ1) is 22.0. The first-order valence-electron chi connectivity index (χ1n) is 9.33. The molecule has 2 aliphatic heterocycles. The molecule has 0 aromatic heterocycles. The van der Waals surface area contributed by atoms with Crippen LogP contribution in [0.3, 0.4) is 0 Å². The Balaban J connectivity index is 0.00000288. The van der Waals surface area contributed by atoms with E-state index in [1.165, 1.54) is 12.8 Å². The van der Waals surface area contributed by atoms with E-state index in [2.05, 4.69) is 37.9 Å². The van der Waals surface area contributed by atoms with Crippen LogP contribution in [0.1, 0.15) is 47.0 Å². The maximum absolute atomic E-state index is 5.83. The van der Waals surface area contributed by atoms with Gasteiger partial charge in [0.25, 0.3) is 0 Å². The molecular weight excluding hydrogens is 417 g/mol. The van der Waals surface area contributed by atoms with Crippen molar-refractivity contribution in [2.75, 3.05) is 46.0 Å². The molecule has 0 amide bonds. The SMILES string of the molecule is CCNC(=NCCC(OCC)C(C)C)N1CCC2(CCOC2)C1.I. The van der Waals surface area contributed by atoms with Crippen LogP contribution in [0.5, 0.6) is 0 Å². The van der Waals surface area contributed by atoms with Crippen molar-refractivity contribution in [2.45, 2.75) is 53.1 Å². The van der Waals surface area contributed by atoms with Crippen molar-refractivity contribution in [1.82, 2.24) is 10.2 Å². The number of aliphatic imine (C=N–C) groups is 1. The fraction of sp³-hybridized carbons (Fsp3) is 0.944. The third-order valence-electron chi connectivity index (χ3n) is 5.06. The van der Waals surface area contributed by atoms with E-state index in [0.717, 1.165) is 58.4 Å². The minimum Gasteiger partial charge on any atom is -0.381 e. The average Bonchev–Trinajstić information content (AvgIpc) is 3.16. The molecule has 0 saturated carbocycles. The lowest BCUT2D eigenvalue weighted by Gasteiger charge is -2.25. The molecule has 2 atom stereocenters. The van der Waals surface area contributed by atoms with E-state index in [-0.39, 0.29) is 24.0 Å². The van der Waals surface area contributed by atoms with Gasteiger partial charge in [0.2, 0.25) is 0 Å². The van der Waals surface area contributed by atoms with Gasteiger partial charge in [0, 0.05) is 44.8 Å². The van der Waals surface area contributed by atoms with Crippen LogP contribution in [0.25, 0.3) is 0 Å². The Hall–Kier alpha value is -0.0800. The van der Waals surface area contributed by atoms with Gasteiger partial charge in [0.15, 0.2) is 5.96 Å². The van der Waals surface area contributed by atoms with Crippen molar-refractivity contribution in [3.8, 4) is 0 Å². The lowest BCUT2D eigenvalue weighted by Crippen LogP contribution is -2.41. The molecule has 2 fully saturated rings. The van der Waals surface area contributed by atoms with Crippen LogP contribution >= 0.6 is 24.0 Å². The van der Waals surface area contributed by atoms with E-state index >= 15 is 0 Å². The molecule has 142 valence electrons. The summed E-state index contributed by atoms with van der Waals surface area (Å²) >= 11 is 0. The summed E-state index contributed by atoms with van der Waals surface area (Å²) < 4.78 is 11.5. The molecule has 2 unspecified atom stereocenters. The summed E-state index contributed by atoms with van der Waals surface area (Å²) in [5.41, 5.74) is 0.377. The number of hydrogen-bond donors (Lipinski definition) is 1. The molecule has 24 heavy (non-hydrogen) atoms. The molecule has 0 aliphatic carbocycles. The normalized spacial score (nSPS) is 25.4. The zero-order valence-corrected chi connectivity index (χ0v) is 18.2. The fourth-order valence-corrected chi connectivity index (χ4v) is 3.63. The van der Waals surface area contributed by atoms with E-state index in [1.54, 1.807) is 0 Å². The van der Waals surface area contributed by atoms with Gasteiger partial charge in [0.05, 0.1) is 12.7 Å². The van der Waals surface area contributed by atoms with Crippen LogP contribution in [-0.2, 0) is 9.47 Å². The number of rotatable bonds is 7. The summed E-state index contributed by atoms with van der Waals surface area (Å²) in [6, 6.07) is 0. The quantitative estimate of drug-likeness (QED) is 0.366. The summed E-state index contributed by atoms with van der Waals surface area (Å²) in [5, 5.41) is 3.46. The number of hydrogen-bond acceptors (Lipinski definition) is 3. The highest BCUT2D eigenvalue weighted by Gasteiger charge is 2.42. The number of nitrogens with zero attached hydrogens (tertiary/aromatic N) is 2. The number of nitrogens with one attached hydrogen (secondary N) is 1. The number of guanidine groups is 1. The van der Waals surface area contributed by atoms with Gasteiger partial charge in [-0.25, -0.2) is 0 Å². The minimum atomic E-state index is 0. The maximum atomic E-state index is 5.83.